The summed E-state index contributed by atoms with van der Waals surface area (Å²) in [7, 11) is 0. The average molecular weight is 786 g/mol. The Hall–Kier alpha value is -4.65. The summed E-state index contributed by atoms with van der Waals surface area (Å²) in [4.78, 5) is 0. The topological polar surface area (TPSA) is 0 Å². The number of rotatable bonds is 7. The van der Waals surface area contributed by atoms with E-state index in [1.165, 1.54) is 77.9 Å². The van der Waals surface area contributed by atoms with Gasteiger partial charge in [-0.2, -0.15) is 0 Å². The van der Waals surface area contributed by atoms with Crippen LogP contribution in [0.5, 0.6) is 0 Å². The molecule has 0 saturated carbocycles. The van der Waals surface area contributed by atoms with E-state index in [4.69, 9.17) is 0 Å². The minimum atomic E-state index is -1.37. The maximum Gasteiger partial charge on any atom is -1.00 e. The third-order valence-corrected chi connectivity index (χ3v) is 14.4. The van der Waals surface area contributed by atoms with E-state index < -0.39 is 22.8 Å². The smallest absolute Gasteiger partial charge is 1.00 e. The van der Waals surface area contributed by atoms with E-state index in [0.717, 1.165) is 6.42 Å². The Bertz CT molecular complexity index is 2370. The van der Waals surface area contributed by atoms with E-state index in [2.05, 4.69) is 194 Å². The Labute approximate surface area is 330 Å². The quantitative estimate of drug-likeness (QED) is 0.174. The van der Waals surface area contributed by atoms with Gasteiger partial charge in [-0.15, -0.1) is 0 Å². The molecule has 0 aromatic heterocycles. The Balaban J connectivity index is 0.00000210. The van der Waals surface area contributed by atoms with Crippen LogP contribution in [-0.4, -0.2) is 3.21 Å². The van der Waals surface area contributed by atoms with Gasteiger partial charge in [-0.1, -0.05) is 0 Å². The molecule has 0 amide bonds. The minimum Gasteiger partial charge on any atom is -1.00 e. The van der Waals surface area contributed by atoms with Crippen LogP contribution in [0.25, 0.3) is 50.1 Å². The van der Waals surface area contributed by atoms with Crippen molar-refractivity contribution in [3.63, 3.8) is 0 Å². The third-order valence-electron chi connectivity index (χ3n) is 10.1. The molecule has 9 rings (SSSR count). The van der Waals surface area contributed by atoms with Gasteiger partial charge >= 0.3 is 308 Å². The maximum atomic E-state index is 2.43. The number of benzene rings is 7. The molecule has 2 aliphatic rings. The van der Waals surface area contributed by atoms with E-state index in [9.17, 15) is 0 Å². The number of hydrogen-bond donors (Lipinski definition) is 0. The Morgan fingerprint density at radius 3 is 1.35 bits per heavy atom. The average Bonchev–Trinajstić information content (AvgIpc) is 3.85. The summed E-state index contributed by atoms with van der Waals surface area (Å²) in [5.74, 6) is 0. The first kappa shape index (κ1) is 35.7. The number of halogens is 2. The fourth-order valence-corrected chi connectivity index (χ4v) is 12.4. The van der Waals surface area contributed by atoms with E-state index in [-0.39, 0.29) is 24.8 Å². The second kappa shape index (κ2) is 15.9. The number of hydrogen-bond acceptors (Lipinski definition) is 0. The fraction of sp³-hybridized carbons (Fsp3) is 0.0408. The molecular weight excluding hydrogens is 751 g/mol. The summed E-state index contributed by atoms with van der Waals surface area (Å²) in [6, 6.07) is 65.1. The molecule has 0 nitrogen and oxygen atoms in total. The van der Waals surface area contributed by atoms with Crippen LogP contribution in [0.1, 0.15) is 37.9 Å². The second-order valence-corrected chi connectivity index (χ2v) is 16.3. The molecule has 0 spiro atoms. The maximum absolute atomic E-state index is 2.43. The molecule has 1 atom stereocenters. The van der Waals surface area contributed by atoms with Crippen LogP contribution in [0.4, 0.5) is 0 Å². The van der Waals surface area contributed by atoms with Crippen molar-refractivity contribution in [2.45, 2.75) is 10.0 Å². The molecule has 3 heteroatoms. The van der Waals surface area contributed by atoms with Crippen LogP contribution in [-0.2, 0) is 22.8 Å². The zero-order valence-corrected chi connectivity index (χ0v) is 32.5. The molecule has 7 aromatic rings. The molecule has 0 N–H and O–H groups in total. The Morgan fingerprint density at radius 2 is 0.865 bits per heavy atom. The minimum absolute atomic E-state index is 0. The predicted octanol–water partition coefficient (Wildman–Crippen LogP) is 6.46. The normalized spacial score (nSPS) is 13.5. The summed E-state index contributed by atoms with van der Waals surface area (Å²) < 4.78 is 1.87. The molecule has 0 bridgehead atoms. The second-order valence-electron chi connectivity index (χ2n) is 13.0. The summed E-state index contributed by atoms with van der Waals surface area (Å²) >= 11 is -1.37. The predicted molar refractivity (Wildman–Crippen MR) is 208 cm³/mol. The zero-order valence-electron chi connectivity index (χ0n) is 28.5. The van der Waals surface area contributed by atoms with Gasteiger partial charge in [0.25, 0.3) is 0 Å². The molecule has 0 fully saturated rings. The van der Waals surface area contributed by atoms with Crippen molar-refractivity contribution in [1.29, 1.82) is 0 Å². The van der Waals surface area contributed by atoms with Crippen molar-refractivity contribution in [2.24, 2.45) is 0 Å². The van der Waals surface area contributed by atoms with Crippen LogP contribution in [0, 0.1) is 0 Å². The fourth-order valence-electron chi connectivity index (χ4n) is 7.95. The van der Waals surface area contributed by atoms with E-state index in [1.807, 2.05) is 0 Å². The van der Waals surface area contributed by atoms with Crippen molar-refractivity contribution in [1.82, 2.24) is 0 Å². The van der Waals surface area contributed by atoms with Crippen molar-refractivity contribution in [3.8, 4) is 44.5 Å². The van der Waals surface area contributed by atoms with Crippen LogP contribution >= 0.6 is 0 Å². The van der Waals surface area contributed by atoms with Crippen molar-refractivity contribution >= 4 is 8.78 Å². The van der Waals surface area contributed by atoms with Crippen molar-refractivity contribution < 1.29 is 47.6 Å². The summed E-state index contributed by atoms with van der Waals surface area (Å²) in [6.45, 7) is 0. The number of fused-ring (bicyclic) bond motifs is 3. The molecule has 0 radical (unpaired) electrons. The zero-order chi connectivity index (χ0) is 33.3. The Morgan fingerprint density at radius 1 is 0.442 bits per heavy atom. The monoisotopic (exact) mass is 783 g/mol. The van der Waals surface area contributed by atoms with Gasteiger partial charge in [0.05, 0.1) is 0 Å². The van der Waals surface area contributed by atoms with Gasteiger partial charge in [0.15, 0.2) is 0 Å². The molecule has 2 aliphatic carbocycles. The van der Waals surface area contributed by atoms with Crippen molar-refractivity contribution in [3.05, 3.63) is 222 Å². The van der Waals surface area contributed by atoms with Crippen LogP contribution < -0.4 is 24.8 Å². The largest absolute Gasteiger partial charge is 1.00 e. The standard InChI is InChI=1S/C36H25.C13H10.2ClH.Zr/c1-4-14-26(15-5-1)33-32(25-20-10-11-21-25)31-24-29-22-12-13-23-30(29)36(31)35(28-18-8-3-9-19-28)34(33)27-16-6-2-7-17-27;1-3-7-12(8-4-1)11-13-9-5-2-6-10-13;;;/h1-20,22-24H,21H2;1-10H;2*1H;/q;;;;+2/p-2. The first-order chi connectivity index (χ1) is 24.9. The molecule has 7 aromatic carbocycles. The summed E-state index contributed by atoms with van der Waals surface area (Å²) in [5.41, 5.74) is 19.2. The molecular formula is C49H35Cl2Zr. The third kappa shape index (κ3) is 6.48. The van der Waals surface area contributed by atoms with Gasteiger partial charge in [0, 0.05) is 0 Å². The van der Waals surface area contributed by atoms with Crippen LogP contribution in [0.2, 0.25) is 0 Å². The SMILES string of the molecule is C1=CCC(c2c(-c3ccccc3)c(-c3ccccc3)c(-c3ccccc3)c3c2[CH]([Zr+2]=[C](c2ccccc2)c2ccccc2)c2ccccc2-3)=C1.[Cl-].[Cl-]. The van der Waals surface area contributed by atoms with E-state index in [1.54, 1.807) is 3.21 Å². The van der Waals surface area contributed by atoms with Gasteiger partial charge in [-0.3, -0.25) is 0 Å². The molecule has 0 saturated heterocycles. The van der Waals surface area contributed by atoms with Crippen LogP contribution in [0.3, 0.4) is 0 Å². The van der Waals surface area contributed by atoms with Gasteiger partial charge in [0.1, 0.15) is 0 Å². The Kier molecular flexibility index (Phi) is 11.0. The molecule has 0 aliphatic heterocycles. The molecule has 52 heavy (non-hydrogen) atoms. The van der Waals surface area contributed by atoms with Gasteiger partial charge in [-0.25, -0.2) is 0 Å². The first-order valence-electron chi connectivity index (χ1n) is 17.5. The summed E-state index contributed by atoms with van der Waals surface area (Å²) in [5, 5.41) is 0. The molecule has 249 valence electrons. The van der Waals surface area contributed by atoms with Gasteiger partial charge < -0.3 is 24.8 Å². The van der Waals surface area contributed by atoms with Gasteiger partial charge in [0.2, 0.25) is 0 Å². The van der Waals surface area contributed by atoms with Crippen molar-refractivity contribution in [2.75, 3.05) is 0 Å². The van der Waals surface area contributed by atoms with Crippen LogP contribution in [0.15, 0.2) is 194 Å². The number of allylic oxidation sites excluding steroid dienone is 4. The van der Waals surface area contributed by atoms with E-state index in [0.29, 0.717) is 3.63 Å². The summed E-state index contributed by atoms with van der Waals surface area (Å²) in [6.07, 6.45) is 7.90. The molecule has 0 heterocycles. The first-order valence-corrected chi connectivity index (χ1v) is 20.1. The molecule has 1 unspecified atom stereocenters. The van der Waals surface area contributed by atoms with Gasteiger partial charge in [-0.05, 0) is 0 Å². The van der Waals surface area contributed by atoms with E-state index >= 15 is 0 Å².